The average molecular weight is 281 g/mol. The number of carbonyl (C=O) groups is 1. The molecule has 0 spiro atoms. The Hall–Kier alpha value is -0.610. The van der Waals surface area contributed by atoms with Crippen molar-refractivity contribution in [2.24, 2.45) is 5.92 Å². The van der Waals surface area contributed by atoms with Crippen molar-refractivity contribution in [3.63, 3.8) is 0 Å². The fourth-order valence-electron chi connectivity index (χ4n) is 3.39. The standard InChI is InChI=1S/C16H31N3O/c1-17-9-6-15-7-12-18(13-8-15)14-16(20)19-10-4-2-3-5-11-19/h15,17H,2-14H2,1H3. The van der Waals surface area contributed by atoms with Gasteiger partial charge in [-0.2, -0.15) is 0 Å². The number of carbonyl (C=O) groups excluding carboxylic acids is 1. The number of piperidine rings is 1. The molecule has 0 aromatic heterocycles. The van der Waals surface area contributed by atoms with Crippen LogP contribution in [0.2, 0.25) is 0 Å². The lowest BCUT2D eigenvalue weighted by molar-refractivity contribution is -0.132. The Labute approximate surface area is 123 Å². The third-order valence-corrected chi connectivity index (χ3v) is 4.83. The Bertz CT molecular complexity index is 279. The first-order valence-corrected chi connectivity index (χ1v) is 8.44. The van der Waals surface area contributed by atoms with E-state index >= 15 is 0 Å². The highest BCUT2D eigenvalue weighted by Crippen LogP contribution is 2.20. The fourth-order valence-corrected chi connectivity index (χ4v) is 3.39. The van der Waals surface area contributed by atoms with Crippen LogP contribution in [0.5, 0.6) is 0 Å². The Morgan fingerprint density at radius 3 is 2.30 bits per heavy atom. The van der Waals surface area contributed by atoms with Gasteiger partial charge in [0.1, 0.15) is 0 Å². The van der Waals surface area contributed by atoms with Crippen LogP contribution in [0.3, 0.4) is 0 Å². The molecule has 2 aliphatic rings. The van der Waals surface area contributed by atoms with E-state index in [1.807, 2.05) is 7.05 Å². The number of nitrogens with zero attached hydrogens (tertiary/aromatic N) is 2. The normalized spacial score (nSPS) is 22.8. The van der Waals surface area contributed by atoms with Gasteiger partial charge < -0.3 is 10.2 Å². The zero-order chi connectivity index (χ0) is 14.2. The molecule has 116 valence electrons. The van der Waals surface area contributed by atoms with Gasteiger partial charge >= 0.3 is 0 Å². The molecule has 0 saturated carbocycles. The molecular weight excluding hydrogens is 250 g/mol. The van der Waals surface area contributed by atoms with Crippen molar-refractivity contribution >= 4 is 5.91 Å². The summed E-state index contributed by atoms with van der Waals surface area (Å²) in [6.45, 7) is 5.95. The molecule has 2 fully saturated rings. The lowest BCUT2D eigenvalue weighted by Crippen LogP contribution is -2.44. The predicted molar refractivity (Wildman–Crippen MR) is 82.8 cm³/mol. The SMILES string of the molecule is CNCCC1CCN(CC(=O)N2CCCCCC2)CC1. The second kappa shape index (κ2) is 8.63. The number of hydrogen-bond acceptors (Lipinski definition) is 3. The molecule has 4 heteroatoms. The van der Waals surface area contributed by atoms with Gasteiger partial charge in [-0.3, -0.25) is 9.69 Å². The Morgan fingerprint density at radius 1 is 1.05 bits per heavy atom. The third-order valence-electron chi connectivity index (χ3n) is 4.83. The van der Waals surface area contributed by atoms with Crippen molar-refractivity contribution < 1.29 is 4.79 Å². The van der Waals surface area contributed by atoms with Crippen LogP contribution in [0.4, 0.5) is 0 Å². The van der Waals surface area contributed by atoms with Crippen LogP contribution in [0, 0.1) is 5.92 Å². The summed E-state index contributed by atoms with van der Waals surface area (Å²) in [5.74, 6) is 1.22. The highest BCUT2D eigenvalue weighted by Gasteiger charge is 2.23. The van der Waals surface area contributed by atoms with Gasteiger partial charge in [0.15, 0.2) is 0 Å². The van der Waals surface area contributed by atoms with E-state index in [-0.39, 0.29) is 0 Å². The van der Waals surface area contributed by atoms with Crippen molar-refractivity contribution in [3.05, 3.63) is 0 Å². The molecule has 2 saturated heterocycles. The summed E-state index contributed by atoms with van der Waals surface area (Å²) in [4.78, 5) is 16.8. The van der Waals surface area contributed by atoms with Gasteiger partial charge in [-0.05, 0) is 64.7 Å². The van der Waals surface area contributed by atoms with Crippen LogP contribution in [-0.2, 0) is 4.79 Å². The molecule has 0 aliphatic carbocycles. The molecule has 2 heterocycles. The Balaban J connectivity index is 1.67. The summed E-state index contributed by atoms with van der Waals surface area (Å²) in [6.07, 6.45) is 8.77. The maximum Gasteiger partial charge on any atom is 0.236 e. The average Bonchev–Trinajstić information content (AvgIpc) is 2.75. The molecule has 2 aliphatic heterocycles. The van der Waals surface area contributed by atoms with Crippen LogP contribution in [0.1, 0.15) is 44.9 Å². The molecule has 2 rings (SSSR count). The zero-order valence-electron chi connectivity index (χ0n) is 13.1. The quantitative estimate of drug-likeness (QED) is 0.833. The first-order valence-electron chi connectivity index (χ1n) is 8.44. The van der Waals surface area contributed by atoms with Crippen molar-refractivity contribution in [2.45, 2.75) is 44.9 Å². The van der Waals surface area contributed by atoms with Crippen LogP contribution in [-0.4, -0.2) is 62.0 Å². The molecule has 1 N–H and O–H groups in total. The minimum atomic E-state index is 0.362. The van der Waals surface area contributed by atoms with E-state index in [2.05, 4.69) is 15.1 Å². The second-order valence-corrected chi connectivity index (χ2v) is 6.41. The number of amides is 1. The van der Waals surface area contributed by atoms with Gasteiger partial charge in [0.25, 0.3) is 0 Å². The van der Waals surface area contributed by atoms with Crippen LogP contribution >= 0.6 is 0 Å². The van der Waals surface area contributed by atoms with E-state index in [0.29, 0.717) is 12.5 Å². The van der Waals surface area contributed by atoms with E-state index < -0.39 is 0 Å². The first-order chi connectivity index (χ1) is 9.79. The molecule has 0 radical (unpaired) electrons. The van der Waals surface area contributed by atoms with E-state index in [1.165, 1.54) is 44.9 Å². The van der Waals surface area contributed by atoms with Crippen LogP contribution < -0.4 is 5.32 Å². The smallest absolute Gasteiger partial charge is 0.236 e. The molecule has 0 aromatic carbocycles. The lowest BCUT2D eigenvalue weighted by atomic mass is 9.93. The van der Waals surface area contributed by atoms with E-state index in [1.54, 1.807) is 0 Å². The predicted octanol–water partition coefficient (Wildman–Crippen LogP) is 1.71. The molecule has 0 aromatic rings. The monoisotopic (exact) mass is 281 g/mol. The molecule has 1 amide bonds. The van der Waals surface area contributed by atoms with Crippen LogP contribution in [0.25, 0.3) is 0 Å². The van der Waals surface area contributed by atoms with Crippen LogP contribution in [0.15, 0.2) is 0 Å². The summed E-state index contributed by atoms with van der Waals surface area (Å²) < 4.78 is 0. The van der Waals surface area contributed by atoms with Gasteiger partial charge in [-0.25, -0.2) is 0 Å². The number of rotatable bonds is 5. The largest absolute Gasteiger partial charge is 0.342 e. The highest BCUT2D eigenvalue weighted by molar-refractivity contribution is 5.78. The molecule has 20 heavy (non-hydrogen) atoms. The minimum Gasteiger partial charge on any atom is -0.342 e. The van der Waals surface area contributed by atoms with Gasteiger partial charge in [0.05, 0.1) is 6.54 Å². The topological polar surface area (TPSA) is 35.6 Å². The molecule has 4 nitrogen and oxygen atoms in total. The third kappa shape index (κ3) is 5.06. The van der Waals surface area contributed by atoms with Gasteiger partial charge in [-0.15, -0.1) is 0 Å². The van der Waals surface area contributed by atoms with Gasteiger partial charge in [0.2, 0.25) is 5.91 Å². The molecule has 0 unspecified atom stereocenters. The highest BCUT2D eigenvalue weighted by atomic mass is 16.2. The number of nitrogens with one attached hydrogen (secondary N) is 1. The summed E-state index contributed by atoms with van der Waals surface area (Å²) in [5.41, 5.74) is 0. The maximum atomic E-state index is 12.3. The summed E-state index contributed by atoms with van der Waals surface area (Å²) in [6, 6.07) is 0. The van der Waals surface area contributed by atoms with Crippen molar-refractivity contribution in [1.29, 1.82) is 0 Å². The zero-order valence-corrected chi connectivity index (χ0v) is 13.1. The minimum absolute atomic E-state index is 0.362. The first kappa shape index (κ1) is 15.8. The van der Waals surface area contributed by atoms with E-state index in [0.717, 1.165) is 38.6 Å². The van der Waals surface area contributed by atoms with Gasteiger partial charge in [-0.1, -0.05) is 12.8 Å². The van der Waals surface area contributed by atoms with E-state index in [9.17, 15) is 4.79 Å². The maximum absolute atomic E-state index is 12.3. The molecule has 0 atom stereocenters. The molecule has 0 bridgehead atoms. The van der Waals surface area contributed by atoms with Crippen molar-refractivity contribution in [1.82, 2.24) is 15.1 Å². The summed E-state index contributed by atoms with van der Waals surface area (Å²) >= 11 is 0. The summed E-state index contributed by atoms with van der Waals surface area (Å²) in [7, 11) is 2.02. The van der Waals surface area contributed by atoms with Crippen molar-refractivity contribution in [2.75, 3.05) is 46.3 Å². The number of likely N-dealkylation sites (tertiary alicyclic amines) is 2. The Morgan fingerprint density at radius 2 is 1.70 bits per heavy atom. The van der Waals surface area contributed by atoms with Crippen molar-refractivity contribution in [3.8, 4) is 0 Å². The Kier molecular flexibility index (Phi) is 6.80. The number of hydrogen-bond donors (Lipinski definition) is 1. The van der Waals surface area contributed by atoms with E-state index in [4.69, 9.17) is 0 Å². The fraction of sp³-hybridized carbons (Fsp3) is 0.938. The molecular formula is C16H31N3O. The second-order valence-electron chi connectivity index (χ2n) is 6.41. The van der Waals surface area contributed by atoms with Gasteiger partial charge in [0, 0.05) is 13.1 Å². The summed E-state index contributed by atoms with van der Waals surface area (Å²) in [5, 5.41) is 3.23. The lowest BCUT2D eigenvalue weighted by Gasteiger charge is -2.33.